The number of nitrogens with zero attached hydrogens (tertiary/aromatic N) is 5. The summed E-state index contributed by atoms with van der Waals surface area (Å²) in [6.07, 6.45) is 1.90. The number of pyridine rings is 1. The quantitative estimate of drug-likeness (QED) is 0.188. The van der Waals surface area contributed by atoms with Crippen molar-refractivity contribution < 1.29 is 0 Å². The number of benzene rings is 7. The molecule has 5 heteroatoms. The summed E-state index contributed by atoms with van der Waals surface area (Å²) in [6, 6.07) is 59.9. The van der Waals surface area contributed by atoms with Gasteiger partial charge >= 0.3 is 0 Å². The predicted octanol–water partition coefficient (Wildman–Crippen LogP) is 11.7. The average molecular weight is 664 g/mol. The van der Waals surface area contributed by atoms with Crippen molar-refractivity contribution in [2.45, 2.75) is 0 Å². The molecule has 52 heavy (non-hydrogen) atoms. The van der Waals surface area contributed by atoms with Gasteiger partial charge in [0.1, 0.15) is 5.82 Å². The molecule has 4 aromatic heterocycles. The van der Waals surface area contributed by atoms with Crippen molar-refractivity contribution in [3.8, 4) is 34.2 Å². The molecule has 0 N–H and O–H groups in total. The van der Waals surface area contributed by atoms with Gasteiger partial charge in [-0.15, -0.1) is 0 Å². The fourth-order valence-electron chi connectivity index (χ4n) is 8.02. The Kier molecular flexibility index (Phi) is 6.18. The first-order valence-corrected chi connectivity index (χ1v) is 17.5. The Morgan fingerprint density at radius 1 is 0.404 bits per heavy atom. The molecule has 242 valence electrons. The minimum Gasteiger partial charge on any atom is -0.309 e. The van der Waals surface area contributed by atoms with Crippen LogP contribution in [0, 0.1) is 0 Å². The minimum absolute atomic E-state index is 0.653. The SMILES string of the molecule is c1ccc(-c2nc(-c3ccc(-n4c5ccccc5c5cc6c7c8ccccc8ccc7n(-c7ccccc7)c6cc54)nc3)nc3ccccc23)cc1. The standard InChI is InChI=1S/C47H29N5/c1-3-14-31(15-4-1)46-36-20-9-11-21-39(36)49-47(50-46)32-24-26-44(48-29-32)52-40-22-12-10-19-35(40)37-27-38-43(28-42(37)52)51(33-16-5-2-6-17-33)41-25-23-30-13-7-8-18-34(30)45(38)41/h1-29H. The van der Waals surface area contributed by atoms with Gasteiger partial charge in [-0.05, 0) is 65.4 Å². The summed E-state index contributed by atoms with van der Waals surface area (Å²) in [5, 5.41) is 8.41. The summed E-state index contributed by atoms with van der Waals surface area (Å²) in [5.74, 6) is 1.49. The number of hydrogen-bond donors (Lipinski definition) is 0. The number of fused-ring (bicyclic) bond motifs is 9. The zero-order valence-electron chi connectivity index (χ0n) is 28.0. The maximum atomic E-state index is 5.10. The molecule has 0 amide bonds. The van der Waals surface area contributed by atoms with Gasteiger partial charge in [0.25, 0.3) is 0 Å². The lowest BCUT2D eigenvalue weighted by atomic mass is 10.0. The molecule has 0 aliphatic heterocycles. The van der Waals surface area contributed by atoms with Gasteiger partial charge in [0.2, 0.25) is 0 Å². The molecule has 0 saturated carbocycles. The lowest BCUT2D eigenvalue weighted by Crippen LogP contribution is -1.99. The monoisotopic (exact) mass is 663 g/mol. The number of aromatic nitrogens is 5. The van der Waals surface area contributed by atoms with Crippen LogP contribution < -0.4 is 0 Å². The molecule has 0 aliphatic rings. The third-order valence-electron chi connectivity index (χ3n) is 10.3. The molecular weight excluding hydrogens is 635 g/mol. The Morgan fingerprint density at radius 2 is 1.12 bits per heavy atom. The number of para-hydroxylation sites is 3. The van der Waals surface area contributed by atoms with Crippen LogP contribution in [0.4, 0.5) is 0 Å². The average Bonchev–Trinajstić information content (AvgIpc) is 3.72. The summed E-state index contributed by atoms with van der Waals surface area (Å²) >= 11 is 0. The maximum absolute atomic E-state index is 5.10. The first kappa shape index (κ1) is 28.7. The fourth-order valence-corrected chi connectivity index (χ4v) is 8.02. The van der Waals surface area contributed by atoms with Crippen molar-refractivity contribution in [2.75, 3.05) is 0 Å². The van der Waals surface area contributed by atoms with Crippen LogP contribution in [0.5, 0.6) is 0 Å². The molecule has 11 aromatic rings. The van der Waals surface area contributed by atoms with Crippen LogP contribution in [0.25, 0.3) is 99.4 Å². The van der Waals surface area contributed by atoms with Crippen molar-refractivity contribution in [2.24, 2.45) is 0 Å². The second-order valence-corrected chi connectivity index (χ2v) is 13.3. The van der Waals surface area contributed by atoms with Gasteiger partial charge in [-0.2, -0.15) is 0 Å². The van der Waals surface area contributed by atoms with Crippen LogP contribution in [0.3, 0.4) is 0 Å². The molecule has 0 atom stereocenters. The molecule has 0 spiro atoms. The highest BCUT2D eigenvalue weighted by Crippen LogP contribution is 2.42. The zero-order valence-corrected chi connectivity index (χ0v) is 28.0. The van der Waals surface area contributed by atoms with E-state index in [0.717, 1.165) is 55.8 Å². The van der Waals surface area contributed by atoms with Crippen LogP contribution in [-0.4, -0.2) is 24.1 Å². The summed E-state index contributed by atoms with van der Waals surface area (Å²) < 4.78 is 4.69. The molecule has 4 heterocycles. The molecule has 0 unspecified atom stereocenters. The highest BCUT2D eigenvalue weighted by Gasteiger charge is 2.20. The van der Waals surface area contributed by atoms with E-state index in [0.29, 0.717) is 5.82 Å². The first-order valence-electron chi connectivity index (χ1n) is 17.5. The molecular formula is C47H29N5. The molecule has 0 radical (unpaired) electrons. The van der Waals surface area contributed by atoms with Crippen LogP contribution >= 0.6 is 0 Å². The second-order valence-electron chi connectivity index (χ2n) is 13.3. The van der Waals surface area contributed by atoms with Gasteiger partial charge in [-0.25, -0.2) is 15.0 Å². The predicted molar refractivity (Wildman–Crippen MR) is 214 cm³/mol. The van der Waals surface area contributed by atoms with Crippen molar-refractivity contribution in [1.29, 1.82) is 0 Å². The Morgan fingerprint density at radius 3 is 1.94 bits per heavy atom. The zero-order chi connectivity index (χ0) is 34.2. The Labute approximate surface area is 298 Å². The van der Waals surface area contributed by atoms with E-state index in [-0.39, 0.29) is 0 Å². The van der Waals surface area contributed by atoms with E-state index in [1.54, 1.807) is 0 Å². The van der Waals surface area contributed by atoms with Crippen molar-refractivity contribution in [3.63, 3.8) is 0 Å². The summed E-state index contributed by atoms with van der Waals surface area (Å²) in [6.45, 7) is 0. The molecule has 0 aliphatic carbocycles. The Balaban J connectivity index is 1.15. The first-order chi connectivity index (χ1) is 25.8. The van der Waals surface area contributed by atoms with Gasteiger partial charge in [0.15, 0.2) is 5.82 Å². The van der Waals surface area contributed by atoms with Gasteiger partial charge in [0, 0.05) is 49.9 Å². The fraction of sp³-hybridized carbons (Fsp3) is 0. The molecule has 0 fully saturated rings. The number of rotatable bonds is 4. The van der Waals surface area contributed by atoms with E-state index >= 15 is 0 Å². The Bertz CT molecular complexity index is 3160. The molecule has 11 rings (SSSR count). The van der Waals surface area contributed by atoms with Crippen molar-refractivity contribution in [3.05, 3.63) is 176 Å². The third kappa shape index (κ3) is 4.26. The number of hydrogen-bond acceptors (Lipinski definition) is 3. The van der Waals surface area contributed by atoms with E-state index in [1.165, 1.54) is 37.8 Å². The lowest BCUT2D eigenvalue weighted by molar-refractivity contribution is 1.08. The second kappa shape index (κ2) is 11.2. The van der Waals surface area contributed by atoms with Crippen LogP contribution in [-0.2, 0) is 0 Å². The van der Waals surface area contributed by atoms with Gasteiger partial charge in [-0.1, -0.05) is 115 Å². The van der Waals surface area contributed by atoms with Crippen molar-refractivity contribution in [1.82, 2.24) is 24.1 Å². The van der Waals surface area contributed by atoms with E-state index < -0.39 is 0 Å². The Hall–Kier alpha value is -7.11. The van der Waals surface area contributed by atoms with Crippen LogP contribution in [0.15, 0.2) is 176 Å². The van der Waals surface area contributed by atoms with Gasteiger partial charge in [-0.3, -0.25) is 4.57 Å². The minimum atomic E-state index is 0.653. The smallest absolute Gasteiger partial charge is 0.161 e. The summed E-state index contributed by atoms with van der Waals surface area (Å²) in [7, 11) is 0. The maximum Gasteiger partial charge on any atom is 0.161 e. The molecule has 7 aromatic carbocycles. The van der Waals surface area contributed by atoms with Crippen LogP contribution in [0.2, 0.25) is 0 Å². The van der Waals surface area contributed by atoms with E-state index in [2.05, 4.69) is 143 Å². The molecule has 0 bridgehead atoms. The molecule has 5 nitrogen and oxygen atoms in total. The molecule has 0 saturated heterocycles. The highest BCUT2D eigenvalue weighted by molar-refractivity contribution is 6.25. The summed E-state index contributed by atoms with van der Waals surface area (Å²) in [4.78, 5) is 15.2. The van der Waals surface area contributed by atoms with Gasteiger partial charge < -0.3 is 4.57 Å². The third-order valence-corrected chi connectivity index (χ3v) is 10.3. The van der Waals surface area contributed by atoms with E-state index in [4.69, 9.17) is 15.0 Å². The van der Waals surface area contributed by atoms with E-state index in [9.17, 15) is 0 Å². The van der Waals surface area contributed by atoms with Crippen molar-refractivity contribution >= 4 is 65.3 Å². The summed E-state index contributed by atoms with van der Waals surface area (Å²) in [5.41, 5.74) is 9.44. The topological polar surface area (TPSA) is 48.5 Å². The largest absolute Gasteiger partial charge is 0.309 e. The van der Waals surface area contributed by atoms with Gasteiger partial charge in [0.05, 0.1) is 33.3 Å². The highest BCUT2D eigenvalue weighted by atomic mass is 15.1. The van der Waals surface area contributed by atoms with E-state index in [1.807, 2.05) is 42.6 Å². The lowest BCUT2D eigenvalue weighted by Gasteiger charge is -2.11. The van der Waals surface area contributed by atoms with Crippen LogP contribution in [0.1, 0.15) is 0 Å². The normalized spacial score (nSPS) is 11.8.